The molecule has 2 aliphatic rings. The summed E-state index contributed by atoms with van der Waals surface area (Å²) in [5.74, 6) is 0. The third-order valence-corrected chi connectivity index (χ3v) is 9.88. The second-order valence-corrected chi connectivity index (χ2v) is 12.7. The number of fused-ring (bicyclic) bond motifs is 7. The number of nitrogens with zero attached hydrogens (tertiary/aromatic N) is 3. The van der Waals surface area contributed by atoms with Crippen molar-refractivity contribution >= 4 is 66.7 Å². The zero-order valence-corrected chi connectivity index (χ0v) is 28.4. The van der Waals surface area contributed by atoms with Crippen molar-refractivity contribution in [1.29, 1.82) is 0 Å². The SMILES string of the molecule is C=CCC/C=c1/oc2cc3c(c4ccccc4n3-c3cccc(-c4cc(C5=CCN5)cc(C5=NCC=C5)c4)c3)c3c4ccccc4n1c23.CC. The summed E-state index contributed by atoms with van der Waals surface area (Å²) in [5.41, 5.74) is 14.4. The van der Waals surface area contributed by atoms with E-state index in [1.165, 1.54) is 43.9 Å². The maximum atomic E-state index is 6.67. The van der Waals surface area contributed by atoms with Crippen molar-refractivity contribution < 1.29 is 4.42 Å². The van der Waals surface area contributed by atoms with Gasteiger partial charge in [0.2, 0.25) is 5.55 Å². The van der Waals surface area contributed by atoms with E-state index in [2.05, 4.69) is 142 Å². The van der Waals surface area contributed by atoms with Crippen LogP contribution in [-0.2, 0) is 0 Å². The molecule has 0 unspecified atom stereocenters. The van der Waals surface area contributed by atoms with Gasteiger partial charge in [-0.15, -0.1) is 6.58 Å². The molecule has 5 heteroatoms. The lowest BCUT2D eigenvalue weighted by atomic mass is 9.95. The minimum Gasteiger partial charge on any atom is -0.438 e. The molecule has 0 saturated heterocycles. The van der Waals surface area contributed by atoms with E-state index >= 15 is 0 Å². The van der Waals surface area contributed by atoms with Crippen molar-refractivity contribution in [3.63, 3.8) is 0 Å². The Morgan fingerprint density at radius 2 is 1.54 bits per heavy atom. The van der Waals surface area contributed by atoms with Crippen LogP contribution in [0.3, 0.4) is 0 Å². The summed E-state index contributed by atoms with van der Waals surface area (Å²) in [6.45, 7) is 9.56. The lowest BCUT2D eigenvalue weighted by molar-refractivity contribution is 0.552. The number of aliphatic imine (C=N–C) groups is 1. The highest BCUT2D eigenvalue weighted by molar-refractivity contribution is 6.31. The van der Waals surface area contributed by atoms with Crippen molar-refractivity contribution in [2.24, 2.45) is 4.99 Å². The number of allylic oxidation sites excluding steroid dienone is 2. The molecular weight excluding hydrogens is 613 g/mol. The van der Waals surface area contributed by atoms with Gasteiger partial charge >= 0.3 is 0 Å². The Bertz CT molecular complexity index is 2780. The Morgan fingerprint density at radius 1 is 0.780 bits per heavy atom. The van der Waals surface area contributed by atoms with Crippen molar-refractivity contribution in [3.8, 4) is 16.8 Å². The summed E-state index contributed by atoms with van der Waals surface area (Å²) >= 11 is 0. The molecule has 0 radical (unpaired) electrons. The van der Waals surface area contributed by atoms with Gasteiger partial charge in [0.05, 0.1) is 28.8 Å². The number of benzene rings is 5. The van der Waals surface area contributed by atoms with Gasteiger partial charge in [-0.05, 0) is 90.2 Å². The summed E-state index contributed by atoms with van der Waals surface area (Å²) < 4.78 is 11.4. The monoisotopic (exact) mass is 650 g/mol. The van der Waals surface area contributed by atoms with Crippen LogP contribution in [-0.4, -0.2) is 27.8 Å². The van der Waals surface area contributed by atoms with Crippen molar-refractivity contribution in [3.05, 3.63) is 145 Å². The number of unbranched alkanes of at least 4 members (excludes halogenated alkanes) is 1. The topological polar surface area (TPSA) is 46.9 Å². The quantitative estimate of drug-likeness (QED) is 0.138. The molecule has 5 heterocycles. The molecule has 3 aromatic heterocycles. The Balaban J connectivity index is 0.00000165. The summed E-state index contributed by atoms with van der Waals surface area (Å²) in [5, 5.41) is 8.42. The summed E-state index contributed by atoms with van der Waals surface area (Å²) in [6.07, 6.45) is 12.4. The number of hydrogen-bond donors (Lipinski definition) is 1. The third-order valence-electron chi connectivity index (χ3n) is 9.88. The highest BCUT2D eigenvalue weighted by Crippen LogP contribution is 2.43. The van der Waals surface area contributed by atoms with Gasteiger partial charge < -0.3 is 14.3 Å². The van der Waals surface area contributed by atoms with Crippen LogP contribution in [0.15, 0.2) is 137 Å². The predicted octanol–water partition coefficient (Wildman–Crippen LogP) is 10.4. The first kappa shape index (κ1) is 30.0. The molecule has 8 aromatic rings. The van der Waals surface area contributed by atoms with E-state index in [9.17, 15) is 0 Å². The second-order valence-electron chi connectivity index (χ2n) is 12.7. The van der Waals surface area contributed by atoms with Crippen LogP contribution in [0.2, 0.25) is 0 Å². The number of hydrogen-bond acceptors (Lipinski definition) is 3. The molecule has 0 fully saturated rings. The van der Waals surface area contributed by atoms with Gasteiger partial charge in [-0.1, -0.05) is 74.5 Å². The molecule has 0 aliphatic carbocycles. The first-order valence-electron chi connectivity index (χ1n) is 17.7. The van der Waals surface area contributed by atoms with Crippen LogP contribution in [0.4, 0.5) is 0 Å². The third kappa shape index (κ3) is 4.57. The standard InChI is InChI=1S/C43H32N4O.C2H6/c1-2-3-4-18-40-47-37-17-8-6-14-33(37)42-41-32-13-5-7-16-36(32)46(38(41)26-39(48-40)43(42)47)31-12-9-11-27(25-31)28-22-29(34-15-10-20-44-34)24-30(23-28)35-19-21-45-35;1-2/h2,5-19,22-26,45H,1,3-4,20-21H2;1-2H3/b40-18+;. The minimum absolute atomic E-state index is 0.739. The molecular formula is C45H38N4O. The van der Waals surface area contributed by atoms with Gasteiger partial charge in [0, 0.05) is 51.1 Å². The lowest BCUT2D eigenvalue weighted by Gasteiger charge is -2.20. The summed E-state index contributed by atoms with van der Waals surface area (Å²) in [4.78, 5) is 4.74. The molecule has 50 heavy (non-hydrogen) atoms. The number of para-hydroxylation sites is 2. The number of oxazole rings is 1. The van der Waals surface area contributed by atoms with Gasteiger partial charge in [-0.25, -0.2) is 0 Å². The molecule has 1 N–H and O–H groups in total. The normalized spacial score (nSPS) is 14.3. The summed E-state index contributed by atoms with van der Waals surface area (Å²) in [7, 11) is 0. The van der Waals surface area contributed by atoms with E-state index < -0.39 is 0 Å². The smallest absolute Gasteiger partial charge is 0.201 e. The number of aromatic nitrogens is 2. The van der Waals surface area contributed by atoms with Crippen molar-refractivity contribution in [2.75, 3.05) is 13.1 Å². The number of nitrogens with one attached hydrogen (secondary N) is 1. The van der Waals surface area contributed by atoms with Gasteiger partial charge in [0.1, 0.15) is 5.52 Å². The van der Waals surface area contributed by atoms with Gasteiger partial charge in [0.15, 0.2) is 5.58 Å². The minimum atomic E-state index is 0.739. The Hall–Kier alpha value is -6.07. The zero-order chi connectivity index (χ0) is 33.8. The fourth-order valence-corrected chi connectivity index (χ4v) is 7.68. The van der Waals surface area contributed by atoms with Crippen LogP contribution in [0, 0.1) is 0 Å². The highest BCUT2D eigenvalue weighted by atomic mass is 16.3. The van der Waals surface area contributed by atoms with Crippen LogP contribution < -0.4 is 10.9 Å². The van der Waals surface area contributed by atoms with Crippen LogP contribution in [0.25, 0.3) is 77.8 Å². The fourth-order valence-electron chi connectivity index (χ4n) is 7.68. The molecule has 5 nitrogen and oxygen atoms in total. The Morgan fingerprint density at radius 3 is 2.30 bits per heavy atom. The fraction of sp³-hybridized carbons (Fsp3) is 0.133. The first-order valence-corrected chi connectivity index (χ1v) is 17.7. The van der Waals surface area contributed by atoms with Gasteiger partial charge in [-0.3, -0.25) is 9.39 Å². The lowest BCUT2D eigenvalue weighted by Crippen LogP contribution is -2.22. The average molecular weight is 651 g/mol. The maximum absolute atomic E-state index is 6.67. The van der Waals surface area contributed by atoms with E-state index in [0.717, 1.165) is 76.1 Å². The van der Waals surface area contributed by atoms with E-state index in [1.807, 2.05) is 19.9 Å². The van der Waals surface area contributed by atoms with Crippen LogP contribution in [0.5, 0.6) is 0 Å². The average Bonchev–Trinajstić information content (AvgIpc) is 3.93. The van der Waals surface area contributed by atoms with E-state index in [1.54, 1.807) is 0 Å². The molecule has 244 valence electrons. The largest absolute Gasteiger partial charge is 0.438 e. The molecule has 10 rings (SSSR count). The van der Waals surface area contributed by atoms with E-state index in [4.69, 9.17) is 9.41 Å². The molecule has 5 aromatic carbocycles. The molecule has 2 aliphatic heterocycles. The van der Waals surface area contributed by atoms with Gasteiger partial charge in [0.25, 0.3) is 0 Å². The van der Waals surface area contributed by atoms with E-state index in [-0.39, 0.29) is 0 Å². The zero-order valence-electron chi connectivity index (χ0n) is 28.4. The molecule has 0 atom stereocenters. The molecule has 0 saturated carbocycles. The predicted molar refractivity (Wildman–Crippen MR) is 211 cm³/mol. The molecule has 0 amide bonds. The van der Waals surface area contributed by atoms with Crippen molar-refractivity contribution in [1.82, 2.24) is 14.3 Å². The van der Waals surface area contributed by atoms with Crippen LogP contribution >= 0.6 is 0 Å². The number of rotatable bonds is 7. The Kier molecular flexibility index (Phi) is 7.27. The molecule has 0 spiro atoms. The first-order chi connectivity index (χ1) is 24.8. The van der Waals surface area contributed by atoms with Crippen LogP contribution in [0.1, 0.15) is 37.8 Å². The van der Waals surface area contributed by atoms with E-state index in [0.29, 0.717) is 0 Å². The summed E-state index contributed by atoms with van der Waals surface area (Å²) in [6, 6.07) is 35.5. The second kappa shape index (κ2) is 12.1. The molecule has 0 bridgehead atoms. The maximum Gasteiger partial charge on any atom is 0.201 e. The van der Waals surface area contributed by atoms with Crippen molar-refractivity contribution in [2.45, 2.75) is 26.7 Å². The Labute approximate surface area is 290 Å². The van der Waals surface area contributed by atoms with Gasteiger partial charge in [-0.2, -0.15) is 0 Å². The highest BCUT2D eigenvalue weighted by Gasteiger charge is 2.23.